The second-order valence-electron chi connectivity index (χ2n) is 4.51. The summed E-state index contributed by atoms with van der Waals surface area (Å²) >= 11 is 2.09. The van der Waals surface area contributed by atoms with Gasteiger partial charge in [-0.1, -0.05) is 23.8 Å². The first-order chi connectivity index (χ1) is 10.4. The summed E-state index contributed by atoms with van der Waals surface area (Å²) in [5, 5.41) is 0. The van der Waals surface area contributed by atoms with Gasteiger partial charge in [0.25, 0.3) is 5.97 Å². The van der Waals surface area contributed by atoms with Gasteiger partial charge in [0.15, 0.2) is 0 Å². The van der Waals surface area contributed by atoms with Gasteiger partial charge < -0.3 is 9.46 Å². The van der Waals surface area contributed by atoms with Crippen LogP contribution in [0.1, 0.15) is 5.56 Å². The van der Waals surface area contributed by atoms with Crippen LogP contribution in [0.25, 0.3) is 4.72 Å². The molecule has 2 aromatic carbocycles. The van der Waals surface area contributed by atoms with E-state index in [9.17, 15) is 13.2 Å². The van der Waals surface area contributed by atoms with E-state index in [1.165, 1.54) is 12.1 Å². The first kappa shape index (κ1) is 16.9. The van der Waals surface area contributed by atoms with Crippen molar-refractivity contribution in [2.75, 3.05) is 6.54 Å². The van der Waals surface area contributed by atoms with Crippen molar-refractivity contribution in [3.63, 3.8) is 0 Å². The largest absolute Gasteiger partial charge is 0.535 e. The van der Waals surface area contributed by atoms with E-state index in [4.69, 9.17) is 4.74 Å². The van der Waals surface area contributed by atoms with Crippen LogP contribution in [-0.4, -0.2) is 20.9 Å². The van der Waals surface area contributed by atoms with E-state index in [1.54, 1.807) is 30.3 Å². The quantitative estimate of drug-likeness (QED) is 0.415. The Morgan fingerprint density at radius 3 is 2.50 bits per heavy atom. The number of esters is 1. The van der Waals surface area contributed by atoms with Crippen molar-refractivity contribution in [1.29, 1.82) is 0 Å². The third-order valence-corrected chi connectivity index (χ3v) is 4.72. The summed E-state index contributed by atoms with van der Waals surface area (Å²) < 4.78 is 33.4. The maximum absolute atomic E-state index is 12.0. The second-order valence-corrected chi connectivity index (χ2v) is 7.43. The molecule has 0 aliphatic rings. The van der Waals surface area contributed by atoms with E-state index >= 15 is 0 Å². The van der Waals surface area contributed by atoms with Crippen LogP contribution in [0, 0.1) is 10.5 Å². The molecule has 2 aromatic rings. The van der Waals surface area contributed by atoms with Gasteiger partial charge in [-0.15, -0.1) is 0 Å². The number of aryl methyl sites for hydroxylation is 1. The molecule has 0 atom stereocenters. The Hall–Kier alpha value is -1.45. The summed E-state index contributed by atoms with van der Waals surface area (Å²) in [5.74, 6) is -0.363. The highest BCUT2D eigenvalue weighted by Crippen LogP contribution is 2.18. The molecular formula is C15H13INO4S-. The topological polar surface area (TPSA) is 74.5 Å². The fourth-order valence-electron chi connectivity index (χ4n) is 1.62. The molecule has 0 heterocycles. The molecular weight excluding hydrogens is 417 g/mol. The van der Waals surface area contributed by atoms with Crippen molar-refractivity contribution in [3.05, 3.63) is 62.4 Å². The lowest BCUT2D eigenvalue weighted by atomic mass is 10.2. The molecule has 0 N–H and O–H groups in total. The zero-order chi connectivity index (χ0) is 16.2. The molecule has 0 unspecified atom stereocenters. The highest BCUT2D eigenvalue weighted by molar-refractivity contribution is 14.1. The number of halogens is 1. The molecule has 0 aliphatic heterocycles. The normalized spacial score (nSPS) is 11.2. The molecule has 2 rings (SSSR count). The number of nitrogens with zero attached hydrogens (tertiary/aromatic N) is 1. The van der Waals surface area contributed by atoms with E-state index in [1.807, 2.05) is 13.0 Å². The van der Waals surface area contributed by atoms with Gasteiger partial charge in [0.2, 0.25) is 0 Å². The Balaban J connectivity index is 1.97. The van der Waals surface area contributed by atoms with E-state index in [-0.39, 0.29) is 4.90 Å². The minimum Gasteiger partial charge on any atom is -0.535 e. The Morgan fingerprint density at radius 2 is 1.86 bits per heavy atom. The number of carbonyl (C=O) groups excluding carboxylic acids is 1. The van der Waals surface area contributed by atoms with E-state index in [0.717, 1.165) is 9.13 Å². The summed E-state index contributed by atoms with van der Waals surface area (Å²) in [6.07, 6.45) is 0. The monoisotopic (exact) mass is 430 g/mol. The smallest absolute Gasteiger partial charge is 0.290 e. The van der Waals surface area contributed by atoms with Crippen LogP contribution in [0.3, 0.4) is 0 Å². The maximum atomic E-state index is 12.0. The molecule has 0 aliphatic carbocycles. The molecule has 0 radical (unpaired) electrons. The predicted octanol–water partition coefficient (Wildman–Crippen LogP) is 3.27. The summed E-state index contributed by atoms with van der Waals surface area (Å²) in [6.45, 7) is 1.30. The Morgan fingerprint density at radius 1 is 1.18 bits per heavy atom. The van der Waals surface area contributed by atoms with Gasteiger partial charge in [-0.2, -0.15) is 0 Å². The lowest BCUT2D eigenvalue weighted by Gasteiger charge is -2.19. The average Bonchev–Trinajstić information content (AvgIpc) is 2.46. The average molecular weight is 430 g/mol. The SMILES string of the molecule is Cc1ccc(S(=O)(=O)[N-]CC(=O)Oc2cccc(I)c2)cc1. The summed E-state index contributed by atoms with van der Waals surface area (Å²) in [6, 6.07) is 13.1. The standard InChI is InChI=1S/C15H13INO4S/c1-11-5-7-14(8-6-11)22(19,20)17-10-15(18)21-13-4-2-3-12(16)9-13/h2-9H,10H2,1H3/q-1. The van der Waals surface area contributed by atoms with Crippen LogP contribution in [0.5, 0.6) is 5.75 Å². The summed E-state index contributed by atoms with van der Waals surface area (Å²) in [5.41, 5.74) is 0.942. The number of hydrogen-bond donors (Lipinski definition) is 0. The van der Waals surface area contributed by atoms with Crippen molar-refractivity contribution in [2.24, 2.45) is 0 Å². The van der Waals surface area contributed by atoms with Crippen LogP contribution < -0.4 is 4.74 Å². The molecule has 5 nitrogen and oxygen atoms in total. The highest BCUT2D eigenvalue weighted by Gasteiger charge is 2.06. The Bertz CT molecular complexity index is 772. The molecule has 0 spiro atoms. The van der Waals surface area contributed by atoms with Crippen molar-refractivity contribution in [1.82, 2.24) is 0 Å². The number of carbonyl (C=O) groups is 1. The van der Waals surface area contributed by atoms with Gasteiger partial charge in [0.05, 0.1) is 0 Å². The molecule has 22 heavy (non-hydrogen) atoms. The molecule has 0 saturated heterocycles. The van der Waals surface area contributed by atoms with Crippen molar-refractivity contribution in [2.45, 2.75) is 11.8 Å². The number of sulfonamides is 1. The second kappa shape index (κ2) is 7.21. The van der Waals surface area contributed by atoms with Gasteiger partial charge in [-0.25, -0.2) is 8.42 Å². The van der Waals surface area contributed by atoms with Crippen molar-refractivity contribution < 1.29 is 17.9 Å². The number of hydrogen-bond acceptors (Lipinski definition) is 4. The third-order valence-electron chi connectivity index (χ3n) is 2.71. The van der Waals surface area contributed by atoms with Gasteiger partial charge in [0.1, 0.15) is 15.8 Å². The van der Waals surface area contributed by atoms with Crippen molar-refractivity contribution >= 4 is 38.6 Å². The molecule has 0 aromatic heterocycles. The highest BCUT2D eigenvalue weighted by atomic mass is 127. The number of benzene rings is 2. The first-order valence-corrected chi connectivity index (χ1v) is 8.85. The van der Waals surface area contributed by atoms with Gasteiger partial charge in [-0.05, 0) is 66.4 Å². The van der Waals surface area contributed by atoms with Gasteiger partial charge in [-0.3, -0.25) is 4.79 Å². The summed E-state index contributed by atoms with van der Waals surface area (Å²) in [4.78, 5) is 11.7. The molecule has 7 heteroatoms. The fourth-order valence-corrected chi connectivity index (χ4v) is 3.04. The predicted molar refractivity (Wildman–Crippen MR) is 91.4 cm³/mol. The minimum absolute atomic E-state index is 0.0557. The van der Waals surface area contributed by atoms with Crippen LogP contribution >= 0.6 is 22.6 Å². The molecule has 0 fully saturated rings. The van der Waals surface area contributed by atoms with Crippen LogP contribution in [0.15, 0.2) is 53.4 Å². The van der Waals surface area contributed by atoms with Gasteiger partial charge >= 0.3 is 0 Å². The van der Waals surface area contributed by atoms with Gasteiger partial charge in [0, 0.05) is 8.47 Å². The lowest BCUT2D eigenvalue weighted by Crippen LogP contribution is -2.15. The Kier molecular flexibility index (Phi) is 5.54. The van der Waals surface area contributed by atoms with E-state index < -0.39 is 22.5 Å². The zero-order valence-electron chi connectivity index (χ0n) is 11.7. The Labute approximate surface area is 142 Å². The maximum Gasteiger partial charge on any atom is 0.290 e. The van der Waals surface area contributed by atoms with Crippen LogP contribution in [0.2, 0.25) is 0 Å². The molecule has 116 valence electrons. The van der Waals surface area contributed by atoms with Crippen LogP contribution in [0.4, 0.5) is 0 Å². The third kappa shape index (κ3) is 4.79. The molecule has 0 bridgehead atoms. The fraction of sp³-hybridized carbons (Fsp3) is 0.133. The molecule has 0 amide bonds. The lowest BCUT2D eigenvalue weighted by molar-refractivity contribution is -0.132. The minimum atomic E-state index is -3.85. The van der Waals surface area contributed by atoms with E-state index in [2.05, 4.69) is 27.3 Å². The van der Waals surface area contributed by atoms with Crippen molar-refractivity contribution in [3.8, 4) is 5.75 Å². The zero-order valence-corrected chi connectivity index (χ0v) is 14.7. The molecule has 0 saturated carbocycles. The number of rotatable bonds is 5. The summed E-state index contributed by atoms with van der Waals surface area (Å²) in [7, 11) is -3.85. The van der Waals surface area contributed by atoms with E-state index in [0.29, 0.717) is 5.75 Å². The number of ether oxygens (including phenoxy) is 1. The van der Waals surface area contributed by atoms with Crippen LogP contribution in [-0.2, 0) is 14.8 Å². The first-order valence-electron chi connectivity index (χ1n) is 6.33.